The number of nitrogens with zero attached hydrogens (tertiary/aromatic N) is 1. The zero-order valence-corrected chi connectivity index (χ0v) is 14.9. The van der Waals surface area contributed by atoms with Gasteiger partial charge in [0.2, 0.25) is 0 Å². The van der Waals surface area contributed by atoms with Gasteiger partial charge in [-0.2, -0.15) is 5.10 Å². The van der Waals surface area contributed by atoms with Crippen LogP contribution in [-0.4, -0.2) is 18.7 Å². The normalized spacial score (nSPS) is 10.8. The van der Waals surface area contributed by atoms with Crippen LogP contribution < -0.4 is 10.2 Å². The van der Waals surface area contributed by atoms with E-state index in [4.69, 9.17) is 20.8 Å². The summed E-state index contributed by atoms with van der Waals surface area (Å²) in [4.78, 5) is 11.7. The van der Waals surface area contributed by atoms with Crippen LogP contribution in [0.15, 0.2) is 70.2 Å². The molecule has 3 aromatic rings. The molecular weight excluding hydrogens is 352 g/mol. The predicted molar refractivity (Wildman–Crippen MR) is 102 cm³/mol. The molecule has 1 N–H and O–H groups in total. The molecule has 0 aliphatic rings. The Kier molecular flexibility index (Phi) is 5.71. The summed E-state index contributed by atoms with van der Waals surface area (Å²) in [5.41, 5.74) is 4.43. The van der Waals surface area contributed by atoms with Crippen molar-refractivity contribution in [1.82, 2.24) is 5.43 Å². The molecule has 26 heavy (non-hydrogen) atoms. The molecular formula is C20H17ClN2O3. The molecule has 1 amide bonds. The monoisotopic (exact) mass is 368 g/mol. The van der Waals surface area contributed by atoms with Crippen LogP contribution in [0.2, 0.25) is 5.02 Å². The molecule has 0 aliphatic carbocycles. The van der Waals surface area contributed by atoms with E-state index < -0.39 is 0 Å². The van der Waals surface area contributed by atoms with Gasteiger partial charge in [0.25, 0.3) is 5.91 Å². The number of hydrazone groups is 1. The van der Waals surface area contributed by atoms with Crippen LogP contribution in [0.25, 0.3) is 11.3 Å². The summed E-state index contributed by atoms with van der Waals surface area (Å²) < 4.78 is 11.0. The number of hydrogen-bond acceptors (Lipinski definition) is 4. The second-order valence-electron chi connectivity index (χ2n) is 5.60. The molecule has 0 saturated heterocycles. The lowest BCUT2D eigenvalue weighted by molar-refractivity contribution is -0.123. The van der Waals surface area contributed by atoms with E-state index in [-0.39, 0.29) is 12.5 Å². The zero-order chi connectivity index (χ0) is 18.4. The van der Waals surface area contributed by atoms with E-state index in [1.54, 1.807) is 18.2 Å². The average molecular weight is 369 g/mol. The van der Waals surface area contributed by atoms with Gasteiger partial charge in [-0.1, -0.05) is 29.3 Å². The summed E-state index contributed by atoms with van der Waals surface area (Å²) in [5.74, 6) is 1.49. The van der Waals surface area contributed by atoms with Gasteiger partial charge in [0.1, 0.15) is 17.3 Å². The molecule has 5 nitrogen and oxygen atoms in total. The lowest BCUT2D eigenvalue weighted by Gasteiger charge is -2.04. The van der Waals surface area contributed by atoms with Crippen molar-refractivity contribution in [3.05, 3.63) is 77.0 Å². The quantitative estimate of drug-likeness (QED) is 0.517. The Balaban J connectivity index is 1.49. The molecule has 0 fully saturated rings. The van der Waals surface area contributed by atoms with Gasteiger partial charge in [-0.05, 0) is 55.5 Å². The Bertz CT molecular complexity index is 900. The van der Waals surface area contributed by atoms with Crippen LogP contribution in [0.1, 0.15) is 11.3 Å². The van der Waals surface area contributed by atoms with Crippen LogP contribution >= 0.6 is 11.6 Å². The van der Waals surface area contributed by atoms with Crippen molar-refractivity contribution in [2.75, 3.05) is 6.61 Å². The highest BCUT2D eigenvalue weighted by Gasteiger charge is 2.04. The van der Waals surface area contributed by atoms with Crippen LogP contribution in [0.5, 0.6) is 5.75 Å². The standard InChI is InChI=1S/C20H17ClN2O3/c1-14-2-8-17(9-3-14)25-13-20(24)23-22-12-18-10-11-19(26-18)15-4-6-16(21)7-5-15/h2-12H,13H2,1H3,(H,23,24)/b22-12+. The van der Waals surface area contributed by atoms with Gasteiger partial charge in [-0.15, -0.1) is 0 Å². The van der Waals surface area contributed by atoms with Crippen molar-refractivity contribution in [1.29, 1.82) is 0 Å². The van der Waals surface area contributed by atoms with E-state index in [0.717, 1.165) is 11.1 Å². The number of amides is 1. The first kappa shape index (κ1) is 17.8. The Morgan fingerprint density at radius 2 is 1.85 bits per heavy atom. The van der Waals surface area contributed by atoms with E-state index in [9.17, 15) is 4.79 Å². The topological polar surface area (TPSA) is 63.8 Å². The molecule has 0 atom stereocenters. The van der Waals surface area contributed by atoms with Gasteiger partial charge >= 0.3 is 0 Å². The Morgan fingerprint density at radius 1 is 1.12 bits per heavy atom. The summed E-state index contributed by atoms with van der Waals surface area (Å²) in [5, 5.41) is 4.53. The Morgan fingerprint density at radius 3 is 2.58 bits per heavy atom. The van der Waals surface area contributed by atoms with E-state index in [2.05, 4.69) is 10.5 Å². The minimum absolute atomic E-state index is 0.116. The number of halogens is 1. The zero-order valence-electron chi connectivity index (χ0n) is 14.1. The molecule has 0 spiro atoms. The van der Waals surface area contributed by atoms with E-state index >= 15 is 0 Å². The second kappa shape index (κ2) is 8.36. The third-order valence-electron chi connectivity index (χ3n) is 3.53. The number of carbonyl (C=O) groups is 1. The van der Waals surface area contributed by atoms with Gasteiger partial charge in [-0.3, -0.25) is 4.79 Å². The first-order valence-corrected chi connectivity index (χ1v) is 8.35. The van der Waals surface area contributed by atoms with Crippen molar-refractivity contribution in [3.8, 4) is 17.1 Å². The second-order valence-corrected chi connectivity index (χ2v) is 6.04. The lowest BCUT2D eigenvalue weighted by atomic mass is 10.2. The Labute approximate surface area is 156 Å². The minimum Gasteiger partial charge on any atom is -0.484 e. The maximum Gasteiger partial charge on any atom is 0.277 e. The summed E-state index contributed by atoms with van der Waals surface area (Å²) in [6, 6.07) is 18.4. The molecule has 0 saturated carbocycles. The van der Waals surface area contributed by atoms with Crippen LogP contribution in [-0.2, 0) is 4.79 Å². The number of rotatable bonds is 6. The number of carbonyl (C=O) groups excluding carboxylic acids is 1. The fraction of sp³-hybridized carbons (Fsp3) is 0.100. The fourth-order valence-electron chi connectivity index (χ4n) is 2.18. The summed E-state index contributed by atoms with van der Waals surface area (Å²) in [6.45, 7) is 1.87. The lowest BCUT2D eigenvalue weighted by Crippen LogP contribution is -2.24. The number of aryl methyl sites for hydroxylation is 1. The highest BCUT2D eigenvalue weighted by atomic mass is 35.5. The van der Waals surface area contributed by atoms with Gasteiger partial charge in [0, 0.05) is 10.6 Å². The highest BCUT2D eigenvalue weighted by Crippen LogP contribution is 2.23. The van der Waals surface area contributed by atoms with Crippen molar-refractivity contribution in [2.45, 2.75) is 6.92 Å². The molecule has 1 heterocycles. The number of furan rings is 1. The van der Waals surface area contributed by atoms with Crippen molar-refractivity contribution in [2.24, 2.45) is 5.10 Å². The third-order valence-corrected chi connectivity index (χ3v) is 3.78. The maximum absolute atomic E-state index is 11.7. The molecule has 1 aromatic heterocycles. The van der Waals surface area contributed by atoms with Gasteiger partial charge < -0.3 is 9.15 Å². The smallest absolute Gasteiger partial charge is 0.277 e. The molecule has 132 valence electrons. The number of hydrogen-bond donors (Lipinski definition) is 1. The van der Waals surface area contributed by atoms with Gasteiger partial charge in [-0.25, -0.2) is 5.43 Å². The van der Waals surface area contributed by atoms with E-state index in [1.807, 2.05) is 49.4 Å². The Hall–Kier alpha value is -3.05. The van der Waals surface area contributed by atoms with Crippen LogP contribution in [0.4, 0.5) is 0 Å². The molecule has 0 unspecified atom stereocenters. The van der Waals surface area contributed by atoms with Crippen molar-refractivity contribution >= 4 is 23.7 Å². The molecule has 6 heteroatoms. The highest BCUT2D eigenvalue weighted by molar-refractivity contribution is 6.30. The largest absolute Gasteiger partial charge is 0.484 e. The fourth-order valence-corrected chi connectivity index (χ4v) is 2.30. The first-order chi connectivity index (χ1) is 12.6. The minimum atomic E-state index is -0.355. The molecule has 0 aliphatic heterocycles. The summed E-state index contributed by atoms with van der Waals surface area (Å²) >= 11 is 5.87. The number of ether oxygens (including phenoxy) is 1. The SMILES string of the molecule is Cc1ccc(OCC(=O)N/N=C/c2ccc(-c3ccc(Cl)cc3)o2)cc1. The first-order valence-electron chi connectivity index (χ1n) is 7.97. The molecule has 3 rings (SSSR count). The van der Waals surface area contributed by atoms with Gasteiger partial charge in [0.15, 0.2) is 6.61 Å². The van der Waals surface area contributed by atoms with Crippen molar-refractivity contribution in [3.63, 3.8) is 0 Å². The summed E-state index contributed by atoms with van der Waals surface area (Å²) in [7, 11) is 0. The summed E-state index contributed by atoms with van der Waals surface area (Å²) in [6.07, 6.45) is 1.43. The van der Waals surface area contributed by atoms with E-state index in [0.29, 0.717) is 22.3 Å². The number of benzene rings is 2. The predicted octanol–water partition coefficient (Wildman–Crippen LogP) is 4.44. The van der Waals surface area contributed by atoms with Crippen LogP contribution in [0, 0.1) is 6.92 Å². The van der Waals surface area contributed by atoms with Crippen LogP contribution in [0.3, 0.4) is 0 Å². The third kappa shape index (κ3) is 4.97. The molecule has 0 bridgehead atoms. The number of nitrogens with one attached hydrogen (secondary N) is 1. The van der Waals surface area contributed by atoms with Gasteiger partial charge in [0.05, 0.1) is 6.21 Å². The van der Waals surface area contributed by atoms with E-state index in [1.165, 1.54) is 6.21 Å². The molecule has 0 radical (unpaired) electrons. The average Bonchev–Trinajstić information content (AvgIpc) is 3.11. The van der Waals surface area contributed by atoms with Crippen molar-refractivity contribution < 1.29 is 13.9 Å². The maximum atomic E-state index is 11.7. The molecule has 2 aromatic carbocycles.